The van der Waals surface area contributed by atoms with Crippen LogP contribution in [0.25, 0.3) is 0 Å². The van der Waals surface area contributed by atoms with Crippen molar-refractivity contribution in [3.05, 3.63) is 12.8 Å². The summed E-state index contributed by atoms with van der Waals surface area (Å²) < 4.78 is 0. The number of aliphatic imine (C=N–C) groups is 2. The van der Waals surface area contributed by atoms with Crippen LogP contribution in [0.15, 0.2) is 22.8 Å². The van der Waals surface area contributed by atoms with Crippen LogP contribution in [0.3, 0.4) is 0 Å². The van der Waals surface area contributed by atoms with Crippen molar-refractivity contribution in [1.29, 1.82) is 0 Å². The van der Waals surface area contributed by atoms with Crippen molar-refractivity contribution in [3.63, 3.8) is 0 Å². The summed E-state index contributed by atoms with van der Waals surface area (Å²) in [4.78, 5) is 8.16. The molecule has 0 rings (SSSR count). The highest BCUT2D eigenvalue weighted by Gasteiger charge is 1.94. The standard InChI is InChI=1S/C13H24N2/c1-4-6-7-8-9-10-11-13(14-3)12-15-5-2/h5,12H,2,4,6-11H2,1,3H3. The van der Waals surface area contributed by atoms with Gasteiger partial charge in [0.1, 0.15) is 0 Å². The average Bonchev–Trinajstić information content (AvgIpc) is 2.27. The molecule has 0 aliphatic heterocycles. The lowest BCUT2D eigenvalue weighted by molar-refractivity contribution is 0.616. The van der Waals surface area contributed by atoms with Crippen molar-refractivity contribution < 1.29 is 0 Å². The van der Waals surface area contributed by atoms with Crippen LogP contribution in [0, 0.1) is 0 Å². The summed E-state index contributed by atoms with van der Waals surface area (Å²) in [5.74, 6) is 0. The number of nitrogens with zero attached hydrogens (tertiary/aromatic N) is 2. The lowest BCUT2D eigenvalue weighted by atomic mass is 10.1. The molecule has 2 heteroatoms. The van der Waals surface area contributed by atoms with E-state index in [0.29, 0.717) is 0 Å². The molecule has 0 spiro atoms. The first-order valence-electron chi connectivity index (χ1n) is 5.94. The molecule has 0 radical (unpaired) electrons. The first kappa shape index (κ1) is 14.1. The molecule has 86 valence electrons. The maximum atomic E-state index is 4.18. The third-order valence-electron chi connectivity index (χ3n) is 2.40. The van der Waals surface area contributed by atoms with Crippen LogP contribution in [0.2, 0.25) is 0 Å². The smallest absolute Gasteiger partial charge is 0.0527 e. The minimum atomic E-state index is 1.04. The molecule has 0 fully saturated rings. The van der Waals surface area contributed by atoms with E-state index in [1.54, 1.807) is 12.4 Å². The average molecular weight is 208 g/mol. The van der Waals surface area contributed by atoms with Gasteiger partial charge in [-0.05, 0) is 12.8 Å². The van der Waals surface area contributed by atoms with E-state index < -0.39 is 0 Å². The highest BCUT2D eigenvalue weighted by atomic mass is 14.7. The molecular weight excluding hydrogens is 184 g/mol. The Morgan fingerprint density at radius 1 is 1.13 bits per heavy atom. The fraction of sp³-hybridized carbons (Fsp3) is 0.692. The Labute approximate surface area is 94.2 Å². The molecule has 0 atom stereocenters. The minimum absolute atomic E-state index is 1.04. The highest BCUT2D eigenvalue weighted by molar-refractivity contribution is 6.30. The molecule has 0 heterocycles. The molecular formula is C13H24N2. The lowest BCUT2D eigenvalue weighted by Gasteiger charge is -2.00. The summed E-state index contributed by atoms with van der Waals surface area (Å²) in [6.07, 6.45) is 12.3. The fourth-order valence-corrected chi connectivity index (χ4v) is 1.46. The molecule has 0 aromatic rings. The van der Waals surface area contributed by atoms with Crippen LogP contribution in [-0.4, -0.2) is 19.0 Å². The van der Waals surface area contributed by atoms with Crippen molar-refractivity contribution in [2.75, 3.05) is 7.05 Å². The zero-order chi connectivity index (χ0) is 11.4. The lowest BCUT2D eigenvalue weighted by Crippen LogP contribution is -1.99. The van der Waals surface area contributed by atoms with Crippen molar-refractivity contribution in [2.24, 2.45) is 9.98 Å². The van der Waals surface area contributed by atoms with Gasteiger partial charge in [0.2, 0.25) is 0 Å². The zero-order valence-electron chi connectivity index (χ0n) is 10.2. The summed E-state index contributed by atoms with van der Waals surface area (Å²) in [7, 11) is 1.82. The Morgan fingerprint density at radius 2 is 1.80 bits per heavy atom. The normalized spacial score (nSPS) is 12.3. The first-order chi connectivity index (χ1) is 7.35. The van der Waals surface area contributed by atoms with E-state index in [1.165, 1.54) is 38.5 Å². The van der Waals surface area contributed by atoms with Crippen LogP contribution in [0.5, 0.6) is 0 Å². The second-order valence-corrected chi connectivity index (χ2v) is 3.69. The zero-order valence-corrected chi connectivity index (χ0v) is 10.2. The molecule has 0 aliphatic rings. The molecule has 0 bridgehead atoms. The van der Waals surface area contributed by atoms with Crippen LogP contribution in [-0.2, 0) is 0 Å². The van der Waals surface area contributed by atoms with Crippen molar-refractivity contribution in [3.8, 4) is 0 Å². The third-order valence-corrected chi connectivity index (χ3v) is 2.40. The van der Waals surface area contributed by atoms with Gasteiger partial charge in [-0.15, -0.1) is 0 Å². The topological polar surface area (TPSA) is 24.7 Å². The molecule has 0 unspecified atom stereocenters. The van der Waals surface area contributed by atoms with Crippen LogP contribution >= 0.6 is 0 Å². The molecule has 2 nitrogen and oxygen atoms in total. The van der Waals surface area contributed by atoms with Gasteiger partial charge in [0, 0.05) is 19.5 Å². The predicted molar refractivity (Wildman–Crippen MR) is 70.0 cm³/mol. The van der Waals surface area contributed by atoms with Crippen LogP contribution < -0.4 is 0 Å². The van der Waals surface area contributed by atoms with Crippen LogP contribution in [0.1, 0.15) is 51.9 Å². The van der Waals surface area contributed by atoms with E-state index in [1.807, 2.05) is 7.05 Å². The number of hydrogen-bond donors (Lipinski definition) is 0. The van der Waals surface area contributed by atoms with Gasteiger partial charge in [-0.1, -0.05) is 45.6 Å². The van der Waals surface area contributed by atoms with Crippen molar-refractivity contribution >= 4 is 11.9 Å². The Morgan fingerprint density at radius 3 is 2.40 bits per heavy atom. The quantitative estimate of drug-likeness (QED) is 0.404. The summed E-state index contributed by atoms with van der Waals surface area (Å²) >= 11 is 0. The fourth-order valence-electron chi connectivity index (χ4n) is 1.46. The highest BCUT2D eigenvalue weighted by Crippen LogP contribution is 2.07. The third kappa shape index (κ3) is 9.39. The molecule has 0 saturated carbocycles. The monoisotopic (exact) mass is 208 g/mol. The van der Waals surface area contributed by atoms with Crippen molar-refractivity contribution in [2.45, 2.75) is 51.9 Å². The Bertz CT molecular complexity index is 205. The van der Waals surface area contributed by atoms with E-state index in [0.717, 1.165) is 12.1 Å². The van der Waals surface area contributed by atoms with Gasteiger partial charge in [0.05, 0.1) is 5.71 Å². The van der Waals surface area contributed by atoms with Gasteiger partial charge < -0.3 is 0 Å². The van der Waals surface area contributed by atoms with E-state index in [4.69, 9.17) is 0 Å². The van der Waals surface area contributed by atoms with E-state index >= 15 is 0 Å². The molecule has 0 aromatic carbocycles. The SMILES string of the molecule is C=CN=CC(CCCCCCCC)=NC. The second-order valence-electron chi connectivity index (χ2n) is 3.69. The summed E-state index contributed by atoms with van der Waals surface area (Å²) in [6, 6.07) is 0. The molecule has 0 saturated heterocycles. The molecule has 0 N–H and O–H groups in total. The first-order valence-corrected chi connectivity index (χ1v) is 5.94. The van der Waals surface area contributed by atoms with Gasteiger partial charge in [-0.2, -0.15) is 0 Å². The van der Waals surface area contributed by atoms with Crippen LogP contribution in [0.4, 0.5) is 0 Å². The van der Waals surface area contributed by atoms with Gasteiger partial charge >= 0.3 is 0 Å². The second kappa shape index (κ2) is 11.2. The molecule has 15 heavy (non-hydrogen) atoms. The Kier molecular flexibility index (Phi) is 10.5. The van der Waals surface area contributed by atoms with Gasteiger partial charge in [0.15, 0.2) is 0 Å². The van der Waals surface area contributed by atoms with E-state index in [-0.39, 0.29) is 0 Å². The summed E-state index contributed by atoms with van der Waals surface area (Å²) in [5, 5.41) is 0. The van der Waals surface area contributed by atoms with E-state index in [2.05, 4.69) is 23.5 Å². The van der Waals surface area contributed by atoms with Gasteiger partial charge in [-0.25, -0.2) is 0 Å². The number of rotatable bonds is 9. The Balaban J connectivity index is 3.47. The predicted octanol–water partition coefficient (Wildman–Crippen LogP) is 4.02. The molecule has 0 aliphatic carbocycles. The van der Waals surface area contributed by atoms with Gasteiger partial charge in [-0.3, -0.25) is 9.98 Å². The minimum Gasteiger partial charge on any atom is -0.291 e. The maximum absolute atomic E-state index is 4.18. The number of hydrogen-bond acceptors (Lipinski definition) is 2. The van der Waals surface area contributed by atoms with Gasteiger partial charge in [0.25, 0.3) is 0 Å². The van der Waals surface area contributed by atoms with Crippen molar-refractivity contribution in [1.82, 2.24) is 0 Å². The summed E-state index contributed by atoms with van der Waals surface area (Å²) in [5.41, 5.74) is 1.07. The molecule has 0 amide bonds. The molecule has 0 aromatic heterocycles. The number of unbranched alkanes of at least 4 members (excludes halogenated alkanes) is 5. The van der Waals surface area contributed by atoms with E-state index in [9.17, 15) is 0 Å². The summed E-state index contributed by atoms with van der Waals surface area (Å²) in [6.45, 7) is 5.79. The largest absolute Gasteiger partial charge is 0.291 e. The Hall–Kier alpha value is -0.920. The maximum Gasteiger partial charge on any atom is 0.0527 e.